The monoisotopic (exact) mass is 1000 g/mol. The van der Waals surface area contributed by atoms with Gasteiger partial charge in [0.2, 0.25) is 0 Å². The van der Waals surface area contributed by atoms with E-state index in [1.165, 1.54) is 44.5 Å². The fourth-order valence-corrected chi connectivity index (χ4v) is 9.69. The Morgan fingerprint density at radius 2 is 0.918 bits per heavy atom. The number of Topliss-reactive ketones (excluding diaryl/α,β-unsaturated/α-hetero) is 1. The van der Waals surface area contributed by atoms with Gasteiger partial charge in [0, 0.05) is 17.3 Å². The SMILES string of the molecule is CC(=O)C(C)C.CC(C)C(=O)OCC1c2ccccc2-c2ccccc21.CC(C)C(c1ccccc1)(c1ccccc1)c1ccccc1.CC(C)Cc1ccc(CO)cc1.Cc1ccc(S(=O)(=O)C(C)C)cc1. The van der Waals surface area contributed by atoms with E-state index >= 15 is 0 Å². The first-order valence-corrected chi connectivity index (χ1v) is 27.3. The zero-order valence-corrected chi connectivity index (χ0v) is 46.2. The summed E-state index contributed by atoms with van der Waals surface area (Å²) in [4.78, 5) is 22.3. The van der Waals surface area contributed by atoms with Gasteiger partial charge >= 0.3 is 5.97 Å². The second-order valence-corrected chi connectivity index (χ2v) is 22.8. The van der Waals surface area contributed by atoms with Crippen LogP contribution >= 0.6 is 0 Å². The van der Waals surface area contributed by atoms with Crippen molar-refractivity contribution in [2.24, 2.45) is 23.7 Å². The van der Waals surface area contributed by atoms with Gasteiger partial charge in [0.15, 0.2) is 9.84 Å². The highest BCUT2D eigenvalue weighted by atomic mass is 32.2. The number of ether oxygens (including phenoxy) is 1. The Hall–Kier alpha value is -6.41. The number of aliphatic hydroxyl groups is 1. The number of aliphatic hydroxyl groups excluding tert-OH is 1. The van der Waals surface area contributed by atoms with Crippen LogP contribution in [0.5, 0.6) is 0 Å². The van der Waals surface area contributed by atoms with Crippen molar-refractivity contribution >= 4 is 21.6 Å². The number of aryl methyl sites for hydroxylation is 1. The third-order valence-corrected chi connectivity index (χ3v) is 15.2. The van der Waals surface area contributed by atoms with Crippen LogP contribution < -0.4 is 0 Å². The number of benzene rings is 7. The van der Waals surface area contributed by atoms with E-state index in [0.717, 1.165) is 17.5 Å². The van der Waals surface area contributed by atoms with Crippen molar-refractivity contribution in [1.82, 2.24) is 0 Å². The molecule has 0 saturated carbocycles. The van der Waals surface area contributed by atoms with E-state index in [1.807, 2.05) is 71.0 Å². The summed E-state index contributed by atoms with van der Waals surface area (Å²) >= 11 is 0. The molecular formula is C66H80O6S. The number of carbonyl (C=O) groups is 2. The Morgan fingerprint density at radius 1 is 0.534 bits per heavy atom. The topological polar surface area (TPSA) is 97.7 Å². The molecule has 73 heavy (non-hydrogen) atoms. The van der Waals surface area contributed by atoms with Crippen LogP contribution in [0.1, 0.15) is 127 Å². The summed E-state index contributed by atoms with van der Waals surface area (Å²) in [5.41, 5.74) is 12.4. The Labute approximate surface area is 438 Å². The van der Waals surface area contributed by atoms with Gasteiger partial charge in [-0.15, -0.1) is 0 Å². The largest absolute Gasteiger partial charge is 0.464 e. The number of esters is 1. The summed E-state index contributed by atoms with van der Waals surface area (Å²) in [6.45, 7) is 24.0. The van der Waals surface area contributed by atoms with Crippen molar-refractivity contribution in [3.63, 3.8) is 0 Å². The van der Waals surface area contributed by atoms with Crippen LogP contribution in [0.3, 0.4) is 0 Å². The van der Waals surface area contributed by atoms with Gasteiger partial charge in [0.25, 0.3) is 0 Å². The van der Waals surface area contributed by atoms with Gasteiger partial charge in [-0.25, -0.2) is 8.42 Å². The molecule has 0 heterocycles. The van der Waals surface area contributed by atoms with Crippen LogP contribution in [-0.2, 0) is 42.6 Å². The molecule has 7 aromatic carbocycles. The zero-order chi connectivity index (χ0) is 53.7. The number of sulfone groups is 1. The average Bonchev–Trinajstić information content (AvgIpc) is 3.71. The number of rotatable bonds is 13. The first kappa shape index (κ1) is 59.2. The van der Waals surface area contributed by atoms with E-state index in [2.05, 4.69) is 167 Å². The van der Waals surface area contributed by atoms with Gasteiger partial charge in [-0.05, 0) is 108 Å². The zero-order valence-electron chi connectivity index (χ0n) is 45.4. The highest BCUT2D eigenvalue weighted by molar-refractivity contribution is 7.92. The summed E-state index contributed by atoms with van der Waals surface area (Å²) in [5.74, 6) is 1.56. The molecule has 0 unspecified atom stereocenters. The van der Waals surface area contributed by atoms with E-state index < -0.39 is 9.84 Å². The molecule has 7 heteroatoms. The molecule has 7 aromatic rings. The number of hydrogen-bond acceptors (Lipinski definition) is 6. The van der Waals surface area contributed by atoms with E-state index in [4.69, 9.17) is 9.84 Å². The predicted octanol–water partition coefficient (Wildman–Crippen LogP) is 15.5. The van der Waals surface area contributed by atoms with Crippen LogP contribution in [0.2, 0.25) is 0 Å². The molecule has 1 aliphatic rings. The lowest BCUT2D eigenvalue weighted by molar-refractivity contribution is -0.147. The third kappa shape index (κ3) is 16.6. The molecule has 0 bridgehead atoms. The second-order valence-electron chi connectivity index (χ2n) is 20.3. The lowest BCUT2D eigenvalue weighted by Gasteiger charge is -2.39. The molecule has 0 saturated heterocycles. The Kier molecular flexibility index (Phi) is 23.3. The molecule has 0 spiro atoms. The first-order chi connectivity index (χ1) is 34.7. The maximum atomic E-state index is 11.7. The Balaban J connectivity index is 0.000000209. The Bertz CT molecular complexity index is 2690. The summed E-state index contributed by atoms with van der Waals surface area (Å²) in [6.07, 6.45) is 1.12. The molecule has 0 atom stereocenters. The minimum Gasteiger partial charge on any atom is -0.464 e. The van der Waals surface area contributed by atoms with Crippen LogP contribution in [-0.4, -0.2) is 37.1 Å². The fourth-order valence-electron chi connectivity index (χ4n) is 8.63. The lowest BCUT2D eigenvalue weighted by atomic mass is 9.63. The van der Waals surface area contributed by atoms with E-state index in [-0.39, 0.29) is 46.8 Å². The number of carbonyl (C=O) groups excluding carboxylic acids is 2. The summed E-state index contributed by atoms with van der Waals surface area (Å²) < 4.78 is 28.7. The van der Waals surface area contributed by atoms with E-state index in [9.17, 15) is 18.0 Å². The molecule has 8 rings (SSSR count). The van der Waals surface area contributed by atoms with E-state index in [0.29, 0.717) is 23.3 Å². The van der Waals surface area contributed by atoms with Crippen molar-refractivity contribution in [3.05, 3.63) is 233 Å². The van der Waals surface area contributed by atoms with Gasteiger partial charge < -0.3 is 9.84 Å². The van der Waals surface area contributed by atoms with Crippen LogP contribution in [0, 0.1) is 30.6 Å². The molecule has 386 valence electrons. The molecule has 6 nitrogen and oxygen atoms in total. The molecule has 0 radical (unpaired) electrons. The highest BCUT2D eigenvalue weighted by Gasteiger charge is 2.39. The summed E-state index contributed by atoms with van der Waals surface area (Å²) in [5, 5.41) is 8.46. The first-order valence-electron chi connectivity index (χ1n) is 25.8. The fraction of sp³-hybridized carbons (Fsp3) is 0.333. The molecule has 0 amide bonds. The quantitative estimate of drug-likeness (QED) is 0.0913. The number of fused-ring (bicyclic) bond motifs is 3. The van der Waals surface area contributed by atoms with Gasteiger partial charge in [-0.1, -0.05) is 237 Å². The molecule has 0 aromatic heterocycles. The van der Waals surface area contributed by atoms with Crippen molar-refractivity contribution in [2.45, 2.75) is 118 Å². The predicted molar refractivity (Wildman–Crippen MR) is 303 cm³/mol. The van der Waals surface area contributed by atoms with Gasteiger partial charge in [-0.2, -0.15) is 0 Å². The number of ketones is 1. The van der Waals surface area contributed by atoms with Crippen LogP contribution in [0.4, 0.5) is 0 Å². The highest BCUT2D eigenvalue weighted by Crippen LogP contribution is 2.46. The minimum atomic E-state index is -3.09. The average molecular weight is 1000 g/mol. The number of hydrogen-bond donors (Lipinski definition) is 1. The normalized spacial score (nSPS) is 11.8. The van der Waals surface area contributed by atoms with Gasteiger partial charge in [-0.3, -0.25) is 9.59 Å². The molecular weight excluding hydrogens is 921 g/mol. The van der Waals surface area contributed by atoms with Crippen LogP contribution in [0.15, 0.2) is 193 Å². The molecule has 0 aliphatic heterocycles. The summed E-state index contributed by atoms with van der Waals surface area (Å²) in [7, 11) is -3.09. The summed E-state index contributed by atoms with van der Waals surface area (Å²) in [6, 6.07) is 64.4. The van der Waals surface area contributed by atoms with Crippen molar-refractivity contribution < 1.29 is 27.9 Å². The molecule has 1 N–H and O–H groups in total. The van der Waals surface area contributed by atoms with E-state index in [1.54, 1.807) is 32.9 Å². The van der Waals surface area contributed by atoms with Crippen molar-refractivity contribution in [1.29, 1.82) is 0 Å². The minimum absolute atomic E-state index is 0.0816. The second kappa shape index (κ2) is 28.7. The maximum Gasteiger partial charge on any atom is 0.308 e. The lowest BCUT2D eigenvalue weighted by Crippen LogP contribution is -2.35. The maximum absolute atomic E-state index is 11.7. The van der Waals surface area contributed by atoms with Crippen molar-refractivity contribution in [3.8, 4) is 11.1 Å². The van der Waals surface area contributed by atoms with Crippen LogP contribution in [0.25, 0.3) is 11.1 Å². The Morgan fingerprint density at radius 3 is 1.26 bits per heavy atom. The molecule has 0 fully saturated rings. The molecule has 1 aliphatic carbocycles. The smallest absolute Gasteiger partial charge is 0.308 e. The van der Waals surface area contributed by atoms with Gasteiger partial charge in [0.1, 0.15) is 12.4 Å². The van der Waals surface area contributed by atoms with Crippen molar-refractivity contribution in [2.75, 3.05) is 6.61 Å². The third-order valence-electron chi connectivity index (χ3n) is 13.0. The standard InChI is InChI=1S/C22H22.C18H18O2.C11H16O.C10H14O2S.C5H10O/c1-18(2)22(19-12-6-3-7-13-19,20-14-8-4-9-15-20)21-16-10-5-11-17-21;1-12(2)18(19)20-11-17-15-9-5-3-7-13(15)14-8-4-6-10-16(14)17;1-9(2)7-10-3-5-11(8-12)6-4-10;1-8(2)13(11,12)10-6-4-9(3)5-7-10;1-4(2)5(3)6/h3-18H,1-2H3;3-10,12,17H,11H2,1-2H3;3-6,9,12H,7-8H2,1-2H3;4-8H,1-3H3;4H,1-3H3. The van der Waals surface area contributed by atoms with Gasteiger partial charge in [0.05, 0.1) is 22.7 Å².